The molecule has 6 unspecified atom stereocenters. The van der Waals surface area contributed by atoms with E-state index < -0.39 is 0 Å². The predicted octanol–water partition coefficient (Wildman–Crippen LogP) is 8.03. The smallest absolute Gasteiger partial charge is 0.388 e. The van der Waals surface area contributed by atoms with Gasteiger partial charge in [0.2, 0.25) is 0 Å². The summed E-state index contributed by atoms with van der Waals surface area (Å²) < 4.78 is 0. The van der Waals surface area contributed by atoms with Gasteiger partial charge in [-0.25, -0.2) is 19.9 Å². The molecule has 4 fully saturated rings. The van der Waals surface area contributed by atoms with E-state index in [2.05, 4.69) is 80.6 Å². The van der Waals surface area contributed by atoms with E-state index in [1.165, 1.54) is 80.8 Å². The van der Waals surface area contributed by atoms with Crippen molar-refractivity contribution in [3.8, 4) is 22.5 Å². The first-order chi connectivity index (χ1) is 20.5. The summed E-state index contributed by atoms with van der Waals surface area (Å²) in [5.41, 5.74) is 11.7. The van der Waals surface area contributed by atoms with Crippen LogP contribution in [0.3, 0.4) is 0 Å². The average molecular weight is 660 g/mol. The topological polar surface area (TPSA) is 101 Å². The van der Waals surface area contributed by atoms with Gasteiger partial charge in [-0.15, -0.1) is 0 Å². The van der Waals surface area contributed by atoms with Crippen LogP contribution in [-0.2, 0) is 19.5 Å². The van der Waals surface area contributed by atoms with Crippen LogP contribution >= 0.6 is 0 Å². The van der Waals surface area contributed by atoms with Gasteiger partial charge in [-0.05, 0) is 81.3 Å². The van der Waals surface area contributed by atoms with E-state index >= 15 is 0 Å². The van der Waals surface area contributed by atoms with Crippen LogP contribution < -0.4 is 5.73 Å². The van der Waals surface area contributed by atoms with Gasteiger partial charge < -0.3 is 5.73 Å². The van der Waals surface area contributed by atoms with Crippen molar-refractivity contribution >= 4 is 5.84 Å². The molecule has 4 saturated carbocycles. The van der Waals surface area contributed by atoms with Crippen molar-refractivity contribution in [1.82, 2.24) is 19.9 Å². The molecule has 4 bridgehead atoms. The number of nitrogens with two attached hydrogens (primary N) is 1. The van der Waals surface area contributed by atoms with Gasteiger partial charge in [0.25, 0.3) is 0 Å². The largest absolute Gasteiger partial charge is 3.00 e. The van der Waals surface area contributed by atoms with Crippen LogP contribution in [0.15, 0.2) is 85.5 Å². The van der Waals surface area contributed by atoms with Crippen molar-refractivity contribution in [1.29, 1.82) is 5.41 Å². The van der Waals surface area contributed by atoms with Crippen molar-refractivity contribution in [2.24, 2.45) is 29.4 Å². The summed E-state index contributed by atoms with van der Waals surface area (Å²) in [4.78, 5) is 18.0. The molecule has 2 heterocycles. The van der Waals surface area contributed by atoms with E-state index in [9.17, 15) is 0 Å². The van der Waals surface area contributed by atoms with E-state index in [1.54, 1.807) is 12.7 Å². The number of benzene rings is 2. The molecule has 0 saturated heterocycles. The molecule has 4 aromatic rings. The Morgan fingerprint density at radius 1 is 0.628 bits per heavy atom. The third kappa shape index (κ3) is 7.62. The Morgan fingerprint density at radius 3 is 1.35 bits per heavy atom. The second kappa shape index (κ2) is 14.4. The van der Waals surface area contributed by atoms with E-state index in [1.807, 2.05) is 12.1 Å². The Morgan fingerprint density at radius 2 is 1.02 bits per heavy atom. The number of nitrogens with zero attached hydrogens (tertiary/aromatic N) is 4. The zero-order chi connectivity index (χ0) is 28.9. The van der Waals surface area contributed by atoms with Crippen LogP contribution in [-0.4, -0.2) is 25.8 Å². The maximum absolute atomic E-state index is 6.28. The summed E-state index contributed by atoms with van der Waals surface area (Å²) in [6.45, 7) is 1.53. The number of hydrogen-bond donors (Lipinski definition) is 2. The summed E-state index contributed by atoms with van der Waals surface area (Å²) in [6, 6.07) is 25.2. The number of hydrogen-bond acceptors (Lipinski definition) is 5. The Hall–Kier alpha value is -3.31. The summed E-state index contributed by atoms with van der Waals surface area (Å²) >= 11 is 0. The fourth-order valence-electron chi connectivity index (χ4n) is 7.90. The van der Waals surface area contributed by atoms with E-state index in [0.717, 1.165) is 35.1 Å². The molecule has 2 aromatic carbocycles. The normalized spacial score (nSPS) is 26.0. The summed E-state index contributed by atoms with van der Waals surface area (Å²) in [6.07, 6.45) is 14.7. The minimum Gasteiger partial charge on any atom is -0.388 e. The Bertz CT molecular complexity index is 1370. The number of rotatable bonds is 4. The van der Waals surface area contributed by atoms with E-state index in [0.29, 0.717) is 11.8 Å². The standard InChI is InChI=1S/2C17H18N2.C2H6N2.Ru/c2*1-2-4-13(5-3-1)16-10-17(19-11-18-16)15-9-12-6-7-14(15)8-12;1-2(3)4;/h2*1-5,10-12,14-15H,6-9H2;1H3,(H3,3,4);/q;;;+3. The van der Waals surface area contributed by atoms with Crippen LogP contribution in [0, 0.1) is 29.1 Å². The van der Waals surface area contributed by atoms with Crippen LogP contribution in [0.2, 0.25) is 0 Å². The fourth-order valence-corrected chi connectivity index (χ4v) is 7.90. The second-order valence-electron chi connectivity index (χ2n) is 12.6. The summed E-state index contributed by atoms with van der Waals surface area (Å²) in [7, 11) is 0. The van der Waals surface area contributed by atoms with E-state index in [4.69, 9.17) is 11.1 Å². The third-order valence-corrected chi connectivity index (χ3v) is 9.75. The van der Waals surface area contributed by atoms with Gasteiger partial charge in [-0.1, -0.05) is 73.5 Å². The maximum atomic E-state index is 6.28. The first-order valence-electron chi connectivity index (χ1n) is 15.6. The average Bonchev–Trinajstić information content (AvgIpc) is 3.86. The van der Waals surface area contributed by atoms with Crippen LogP contribution in [0.25, 0.3) is 22.5 Å². The molecule has 43 heavy (non-hydrogen) atoms. The van der Waals surface area contributed by atoms with Crippen LogP contribution in [0.5, 0.6) is 0 Å². The van der Waals surface area contributed by atoms with Crippen LogP contribution in [0.4, 0.5) is 0 Å². The molecular formula is C36H42N6Ru+3. The van der Waals surface area contributed by atoms with Gasteiger partial charge in [0.15, 0.2) is 0 Å². The molecule has 0 spiro atoms. The number of fused-ring (bicyclic) bond motifs is 4. The first kappa shape index (κ1) is 31.1. The molecule has 221 valence electrons. The molecule has 6 nitrogen and oxygen atoms in total. The summed E-state index contributed by atoms with van der Waals surface area (Å²) in [5.74, 6) is 5.22. The molecule has 7 heteroatoms. The number of aromatic nitrogens is 4. The zero-order valence-corrected chi connectivity index (χ0v) is 26.7. The molecule has 4 aliphatic rings. The van der Waals surface area contributed by atoms with Gasteiger partial charge in [-0.3, -0.25) is 5.41 Å². The predicted molar refractivity (Wildman–Crippen MR) is 169 cm³/mol. The van der Waals surface area contributed by atoms with Crippen molar-refractivity contribution in [3.63, 3.8) is 0 Å². The molecule has 8 rings (SSSR count). The molecule has 6 atom stereocenters. The van der Waals surface area contributed by atoms with Gasteiger partial charge in [-0.2, -0.15) is 0 Å². The minimum absolute atomic E-state index is 0. The Labute approximate surface area is 268 Å². The van der Waals surface area contributed by atoms with Crippen molar-refractivity contribution in [2.45, 2.75) is 70.1 Å². The van der Waals surface area contributed by atoms with Crippen molar-refractivity contribution in [3.05, 3.63) is 96.8 Å². The van der Waals surface area contributed by atoms with Crippen LogP contribution in [0.1, 0.15) is 81.5 Å². The fraction of sp³-hybridized carbons (Fsp3) is 0.417. The molecule has 3 N–H and O–H groups in total. The molecule has 4 aliphatic carbocycles. The zero-order valence-electron chi connectivity index (χ0n) is 24.9. The monoisotopic (exact) mass is 660 g/mol. The molecule has 0 aliphatic heterocycles. The molecule has 0 amide bonds. The molecule has 2 aromatic heterocycles. The second-order valence-corrected chi connectivity index (χ2v) is 12.6. The summed E-state index contributed by atoms with van der Waals surface area (Å²) in [5, 5.41) is 6.28. The molecular weight excluding hydrogens is 618 g/mol. The van der Waals surface area contributed by atoms with Crippen molar-refractivity contribution < 1.29 is 19.5 Å². The SMILES string of the molecule is CC(=N)N.[Ru+3].c1ccc(-c2cc(C3CC4CCC3C4)ncn2)cc1.c1ccc(-c2cc(C3CC4CCC3C4)ncn2)cc1. The Kier molecular flexibility index (Phi) is 10.5. The minimum atomic E-state index is 0. The number of amidine groups is 1. The third-order valence-electron chi connectivity index (χ3n) is 9.75. The van der Waals surface area contributed by atoms with Gasteiger partial charge >= 0.3 is 19.5 Å². The maximum Gasteiger partial charge on any atom is 3.00 e. The first-order valence-corrected chi connectivity index (χ1v) is 15.6. The van der Waals surface area contributed by atoms with Crippen molar-refractivity contribution in [2.75, 3.05) is 0 Å². The molecule has 1 radical (unpaired) electrons. The van der Waals surface area contributed by atoms with Gasteiger partial charge in [0, 0.05) is 34.4 Å². The quantitative estimate of drug-likeness (QED) is 0.131. The van der Waals surface area contributed by atoms with E-state index in [-0.39, 0.29) is 25.3 Å². The van der Waals surface area contributed by atoms with Gasteiger partial charge in [0.05, 0.1) is 17.2 Å². The Balaban J connectivity index is 0.000000150. The van der Waals surface area contributed by atoms with Gasteiger partial charge in [0.1, 0.15) is 12.7 Å². The number of nitrogens with one attached hydrogen (secondary N) is 1.